The number of nitriles is 1. The average molecular weight is 364 g/mol. The van der Waals surface area contributed by atoms with E-state index in [1.54, 1.807) is 6.07 Å². The van der Waals surface area contributed by atoms with Crippen LogP contribution in [0, 0.1) is 52.7 Å². The highest BCUT2D eigenvalue weighted by molar-refractivity contribution is 5.42. The fourth-order valence-corrected chi connectivity index (χ4v) is 4.87. The van der Waals surface area contributed by atoms with Crippen LogP contribution in [0.2, 0.25) is 0 Å². The van der Waals surface area contributed by atoms with Crippen molar-refractivity contribution in [1.29, 1.82) is 5.26 Å². The molecule has 142 valence electrons. The molecule has 0 bridgehead atoms. The summed E-state index contributed by atoms with van der Waals surface area (Å²) in [6.07, 6.45) is 16.6. The second kappa shape index (κ2) is 9.75. The molecule has 1 aromatic carbocycles. The molecule has 3 rings (SSSR count). The molecule has 0 heterocycles. The summed E-state index contributed by atoms with van der Waals surface area (Å²) >= 11 is 0. The van der Waals surface area contributed by atoms with Crippen LogP contribution in [0.25, 0.3) is 0 Å². The molecular weight excluding hydrogens is 333 g/mol. The Kier molecular flexibility index (Phi) is 7.11. The molecule has 0 amide bonds. The monoisotopic (exact) mass is 363 g/mol. The number of benzene rings is 1. The van der Waals surface area contributed by atoms with Crippen LogP contribution in [0.1, 0.15) is 75.8 Å². The molecule has 0 atom stereocenters. The number of hydrogen-bond acceptors (Lipinski definition) is 1. The van der Waals surface area contributed by atoms with Crippen LogP contribution < -0.4 is 0 Å². The summed E-state index contributed by atoms with van der Waals surface area (Å²) < 4.78 is 13.6. The van der Waals surface area contributed by atoms with Crippen molar-refractivity contribution in [2.45, 2.75) is 64.7 Å². The Bertz CT molecular complexity index is 745. The smallest absolute Gasteiger partial charge is 0.142 e. The molecule has 0 spiro atoms. The van der Waals surface area contributed by atoms with Crippen molar-refractivity contribution < 1.29 is 4.39 Å². The molecule has 0 N–H and O–H groups in total. The first-order valence-corrected chi connectivity index (χ1v) is 10.6. The van der Waals surface area contributed by atoms with Crippen LogP contribution in [0.3, 0.4) is 0 Å². The zero-order valence-electron chi connectivity index (χ0n) is 16.4. The largest absolute Gasteiger partial charge is 0.206 e. The normalized spacial score (nSPS) is 28.3. The molecule has 0 aromatic heterocycles. The molecule has 2 heteroatoms. The van der Waals surface area contributed by atoms with E-state index < -0.39 is 5.82 Å². The highest BCUT2D eigenvalue weighted by Crippen LogP contribution is 2.42. The van der Waals surface area contributed by atoms with Gasteiger partial charge in [0.2, 0.25) is 0 Å². The van der Waals surface area contributed by atoms with E-state index in [2.05, 4.69) is 24.8 Å². The quantitative estimate of drug-likeness (QED) is 0.553. The van der Waals surface area contributed by atoms with Gasteiger partial charge in [-0.2, -0.15) is 5.26 Å². The predicted octanol–water partition coefficient (Wildman–Crippen LogP) is 6.63. The van der Waals surface area contributed by atoms with Gasteiger partial charge in [0, 0.05) is 5.56 Å². The van der Waals surface area contributed by atoms with Crippen LogP contribution in [-0.2, 0) is 0 Å². The summed E-state index contributed by atoms with van der Waals surface area (Å²) in [5.74, 6) is 9.03. The van der Waals surface area contributed by atoms with E-state index in [1.165, 1.54) is 69.9 Å². The molecule has 0 unspecified atom stereocenters. The van der Waals surface area contributed by atoms with Gasteiger partial charge in [-0.05, 0) is 86.5 Å². The van der Waals surface area contributed by atoms with Gasteiger partial charge in [-0.25, -0.2) is 4.39 Å². The summed E-state index contributed by atoms with van der Waals surface area (Å²) in [7, 11) is 0. The van der Waals surface area contributed by atoms with Crippen LogP contribution in [0.4, 0.5) is 4.39 Å². The maximum Gasteiger partial charge on any atom is 0.142 e. The molecule has 2 aliphatic carbocycles. The Labute approximate surface area is 163 Å². The van der Waals surface area contributed by atoms with Crippen LogP contribution >= 0.6 is 0 Å². The van der Waals surface area contributed by atoms with Gasteiger partial charge >= 0.3 is 0 Å². The zero-order chi connectivity index (χ0) is 19.1. The van der Waals surface area contributed by atoms with Crippen molar-refractivity contribution in [2.75, 3.05) is 0 Å². The van der Waals surface area contributed by atoms with Crippen molar-refractivity contribution in [3.63, 3.8) is 0 Å². The van der Waals surface area contributed by atoms with E-state index in [1.807, 2.05) is 12.1 Å². The zero-order valence-corrected chi connectivity index (χ0v) is 16.4. The lowest BCUT2D eigenvalue weighted by molar-refractivity contribution is 0.154. The number of rotatable bonds is 3. The Morgan fingerprint density at radius 2 is 1.70 bits per heavy atom. The van der Waals surface area contributed by atoms with Crippen molar-refractivity contribution in [2.24, 2.45) is 23.7 Å². The number of allylic oxidation sites excluding steroid dienone is 2. The molecule has 2 saturated carbocycles. The first-order valence-electron chi connectivity index (χ1n) is 10.6. The lowest BCUT2D eigenvalue weighted by atomic mass is 9.69. The SMILES string of the molecule is CCC1CCC(C2CCC(C=CC#Cc3ccc(C#N)c(F)c3)CC2)CC1. The topological polar surface area (TPSA) is 23.8 Å². The highest BCUT2D eigenvalue weighted by atomic mass is 19.1. The van der Waals surface area contributed by atoms with Gasteiger partial charge in [-0.1, -0.05) is 44.1 Å². The lowest BCUT2D eigenvalue weighted by Gasteiger charge is -2.37. The van der Waals surface area contributed by atoms with Gasteiger partial charge in [0.15, 0.2) is 0 Å². The van der Waals surface area contributed by atoms with E-state index in [4.69, 9.17) is 5.26 Å². The van der Waals surface area contributed by atoms with E-state index in [0.29, 0.717) is 11.5 Å². The summed E-state index contributed by atoms with van der Waals surface area (Å²) in [4.78, 5) is 0. The summed E-state index contributed by atoms with van der Waals surface area (Å²) in [6, 6.07) is 6.34. The molecule has 0 aliphatic heterocycles. The molecule has 0 saturated heterocycles. The molecule has 1 aromatic rings. The second-order valence-electron chi connectivity index (χ2n) is 8.30. The highest BCUT2D eigenvalue weighted by Gasteiger charge is 2.29. The number of hydrogen-bond donors (Lipinski definition) is 0. The van der Waals surface area contributed by atoms with E-state index >= 15 is 0 Å². The van der Waals surface area contributed by atoms with Crippen molar-refractivity contribution in [1.82, 2.24) is 0 Å². The van der Waals surface area contributed by atoms with Crippen LogP contribution in [0.5, 0.6) is 0 Å². The van der Waals surface area contributed by atoms with Gasteiger partial charge in [-0.3, -0.25) is 0 Å². The maximum atomic E-state index is 13.6. The van der Waals surface area contributed by atoms with E-state index in [0.717, 1.165) is 17.8 Å². The Morgan fingerprint density at radius 1 is 1.04 bits per heavy atom. The summed E-state index contributed by atoms with van der Waals surface area (Å²) in [6.45, 7) is 2.34. The summed E-state index contributed by atoms with van der Waals surface area (Å²) in [5, 5.41) is 8.76. The lowest BCUT2D eigenvalue weighted by Crippen LogP contribution is -2.25. The van der Waals surface area contributed by atoms with Crippen LogP contribution in [0.15, 0.2) is 30.4 Å². The average Bonchev–Trinajstić information content (AvgIpc) is 2.72. The minimum atomic E-state index is -0.500. The van der Waals surface area contributed by atoms with Gasteiger partial charge in [0.05, 0.1) is 5.56 Å². The fraction of sp³-hybridized carbons (Fsp3) is 0.560. The first-order chi connectivity index (χ1) is 13.2. The summed E-state index contributed by atoms with van der Waals surface area (Å²) in [5.41, 5.74) is 0.679. The van der Waals surface area contributed by atoms with E-state index in [9.17, 15) is 4.39 Å². The van der Waals surface area contributed by atoms with Gasteiger partial charge in [-0.15, -0.1) is 0 Å². The minimum absolute atomic E-state index is 0.0658. The van der Waals surface area contributed by atoms with Crippen molar-refractivity contribution in [3.8, 4) is 17.9 Å². The van der Waals surface area contributed by atoms with Gasteiger partial charge < -0.3 is 0 Å². The van der Waals surface area contributed by atoms with Gasteiger partial charge in [0.1, 0.15) is 11.9 Å². The fourth-order valence-electron chi connectivity index (χ4n) is 4.87. The Morgan fingerprint density at radius 3 is 2.30 bits per heavy atom. The molecule has 0 radical (unpaired) electrons. The third-order valence-electron chi connectivity index (χ3n) is 6.71. The first kappa shape index (κ1) is 19.7. The Balaban J connectivity index is 1.44. The molecule has 2 fully saturated rings. The number of halogens is 1. The molecule has 1 nitrogen and oxygen atoms in total. The van der Waals surface area contributed by atoms with E-state index in [-0.39, 0.29) is 5.56 Å². The molecular formula is C25H30FN. The Hall–Kier alpha value is -2.06. The van der Waals surface area contributed by atoms with Crippen molar-refractivity contribution in [3.05, 3.63) is 47.3 Å². The molecule has 2 aliphatic rings. The minimum Gasteiger partial charge on any atom is -0.206 e. The number of nitrogens with zero attached hydrogens (tertiary/aromatic N) is 1. The third-order valence-corrected chi connectivity index (χ3v) is 6.71. The maximum absolute atomic E-state index is 13.6. The van der Waals surface area contributed by atoms with Crippen molar-refractivity contribution >= 4 is 0 Å². The van der Waals surface area contributed by atoms with Crippen LogP contribution in [-0.4, -0.2) is 0 Å². The van der Waals surface area contributed by atoms with Gasteiger partial charge in [0.25, 0.3) is 0 Å². The molecule has 27 heavy (non-hydrogen) atoms. The standard InChI is InChI=1S/C25H30FN/c1-2-19-7-12-22(13-8-19)23-14-9-20(10-15-23)5-3-4-6-21-11-16-24(18-27)25(26)17-21/h3,5,11,16-17,19-20,22-23H,2,7-10,12-15H2,1H3. The predicted molar refractivity (Wildman–Crippen MR) is 108 cm³/mol. The third kappa shape index (κ3) is 5.46. The second-order valence-corrected chi connectivity index (χ2v) is 8.30.